The number of hydrogen-bond acceptors (Lipinski definition) is 4. The van der Waals surface area contributed by atoms with Crippen LogP contribution < -0.4 is 5.32 Å². The molecule has 1 rings (SSSR count). The molecule has 0 atom stereocenters. The molecule has 4 nitrogen and oxygen atoms in total. The highest BCUT2D eigenvalue weighted by atomic mass is 19.1. The highest BCUT2D eigenvalue weighted by Crippen LogP contribution is 2.23. The van der Waals surface area contributed by atoms with Gasteiger partial charge in [-0.2, -0.15) is 10.5 Å². The third-order valence-electron chi connectivity index (χ3n) is 1.57. The van der Waals surface area contributed by atoms with Gasteiger partial charge in [0.2, 0.25) is 0 Å². The van der Waals surface area contributed by atoms with Crippen molar-refractivity contribution in [1.82, 2.24) is 0 Å². The standard InChI is InChI=1S/C10H6FN3O/c11-8-1-2-9(10(15)3-8)14-6-7(4-12)5-13/h1-3,6,14-15H. The largest absolute Gasteiger partial charge is 0.506 e. The van der Waals surface area contributed by atoms with E-state index in [1.54, 1.807) is 12.1 Å². The number of benzene rings is 1. The summed E-state index contributed by atoms with van der Waals surface area (Å²) in [6.07, 6.45) is 1.13. The molecule has 0 aromatic heterocycles. The molecule has 0 aliphatic rings. The van der Waals surface area contributed by atoms with Crippen LogP contribution in [0.1, 0.15) is 0 Å². The summed E-state index contributed by atoms with van der Waals surface area (Å²) in [4.78, 5) is 0. The number of aromatic hydroxyl groups is 1. The molecular weight excluding hydrogens is 197 g/mol. The smallest absolute Gasteiger partial charge is 0.145 e. The molecular formula is C10H6FN3O. The lowest BCUT2D eigenvalue weighted by molar-refractivity contribution is 0.471. The first-order valence-corrected chi connectivity index (χ1v) is 3.93. The lowest BCUT2D eigenvalue weighted by Crippen LogP contribution is -1.90. The SMILES string of the molecule is N#CC(C#N)=CNc1ccc(F)cc1O. The van der Waals surface area contributed by atoms with Gasteiger partial charge in [-0.25, -0.2) is 4.39 Å². The van der Waals surface area contributed by atoms with Crippen molar-refractivity contribution in [2.75, 3.05) is 5.32 Å². The van der Waals surface area contributed by atoms with Crippen molar-refractivity contribution in [2.45, 2.75) is 0 Å². The fourth-order valence-corrected chi connectivity index (χ4v) is 0.866. The Morgan fingerprint density at radius 1 is 1.40 bits per heavy atom. The third-order valence-corrected chi connectivity index (χ3v) is 1.57. The van der Waals surface area contributed by atoms with Crippen molar-refractivity contribution in [1.29, 1.82) is 10.5 Å². The van der Waals surface area contributed by atoms with Crippen LogP contribution in [0, 0.1) is 28.5 Å². The average Bonchev–Trinajstić information content (AvgIpc) is 2.22. The van der Waals surface area contributed by atoms with Gasteiger partial charge in [0, 0.05) is 12.3 Å². The van der Waals surface area contributed by atoms with Crippen LogP contribution in [0.15, 0.2) is 30.0 Å². The average molecular weight is 203 g/mol. The Labute approximate surface area is 85.5 Å². The van der Waals surface area contributed by atoms with Gasteiger partial charge in [0.1, 0.15) is 29.3 Å². The Balaban J connectivity index is 2.89. The molecule has 0 fully saturated rings. The van der Waals surface area contributed by atoms with E-state index >= 15 is 0 Å². The van der Waals surface area contributed by atoms with Crippen molar-refractivity contribution in [3.8, 4) is 17.9 Å². The minimum absolute atomic E-state index is 0.140. The molecule has 0 bridgehead atoms. The summed E-state index contributed by atoms with van der Waals surface area (Å²) in [5.41, 5.74) is 0.0816. The zero-order chi connectivity index (χ0) is 11.3. The van der Waals surface area contributed by atoms with Gasteiger partial charge in [-0.1, -0.05) is 0 Å². The number of allylic oxidation sites excluding steroid dienone is 1. The number of hydrogen-bond donors (Lipinski definition) is 2. The van der Waals surface area contributed by atoms with Crippen molar-refractivity contribution in [3.63, 3.8) is 0 Å². The van der Waals surface area contributed by atoms with Gasteiger partial charge in [-0.15, -0.1) is 0 Å². The van der Waals surface area contributed by atoms with E-state index in [-0.39, 0.29) is 17.0 Å². The van der Waals surface area contributed by atoms with E-state index in [0.717, 1.165) is 18.3 Å². The molecule has 5 heteroatoms. The monoisotopic (exact) mass is 203 g/mol. The van der Waals surface area contributed by atoms with Crippen molar-refractivity contribution >= 4 is 5.69 Å². The summed E-state index contributed by atoms with van der Waals surface area (Å²) in [6.45, 7) is 0. The zero-order valence-electron chi connectivity index (χ0n) is 7.53. The molecule has 0 radical (unpaired) electrons. The summed E-state index contributed by atoms with van der Waals surface area (Å²) >= 11 is 0. The van der Waals surface area contributed by atoms with Crippen LogP contribution >= 0.6 is 0 Å². The van der Waals surface area contributed by atoms with E-state index in [9.17, 15) is 9.50 Å². The lowest BCUT2D eigenvalue weighted by Gasteiger charge is -2.02. The number of halogens is 1. The zero-order valence-corrected chi connectivity index (χ0v) is 7.53. The first-order chi connectivity index (χ1) is 7.17. The maximum absolute atomic E-state index is 12.6. The molecule has 15 heavy (non-hydrogen) atoms. The molecule has 1 aromatic carbocycles. The summed E-state index contributed by atoms with van der Waals surface area (Å²) in [7, 11) is 0. The maximum Gasteiger partial charge on any atom is 0.145 e. The van der Waals surface area contributed by atoms with Crippen molar-refractivity contribution in [3.05, 3.63) is 35.8 Å². The summed E-state index contributed by atoms with van der Waals surface area (Å²) in [5.74, 6) is -0.857. The number of rotatable bonds is 2. The number of phenolic OH excluding ortho intramolecular Hbond substituents is 1. The van der Waals surface area contributed by atoms with Crippen molar-refractivity contribution in [2.24, 2.45) is 0 Å². The number of nitrogens with one attached hydrogen (secondary N) is 1. The Kier molecular flexibility index (Phi) is 3.26. The molecule has 74 valence electrons. The Morgan fingerprint density at radius 3 is 2.60 bits per heavy atom. The third kappa shape index (κ3) is 2.71. The maximum atomic E-state index is 12.6. The predicted octanol–water partition coefficient (Wildman–Crippen LogP) is 1.87. The van der Waals surface area contributed by atoms with Crippen LogP contribution in [0.2, 0.25) is 0 Å². The fraction of sp³-hybridized carbons (Fsp3) is 0. The second-order valence-corrected chi connectivity index (χ2v) is 2.59. The van der Waals surface area contributed by atoms with Gasteiger partial charge in [0.15, 0.2) is 0 Å². The normalized spacial score (nSPS) is 8.47. The molecule has 0 amide bonds. The van der Waals surface area contributed by atoms with Crippen LogP contribution in [0.5, 0.6) is 5.75 Å². The Hall–Kier alpha value is -2.53. The predicted molar refractivity (Wildman–Crippen MR) is 51.0 cm³/mol. The van der Waals surface area contributed by atoms with Crippen LogP contribution in [-0.2, 0) is 0 Å². The molecule has 0 aliphatic carbocycles. The fourth-order valence-electron chi connectivity index (χ4n) is 0.866. The van der Waals surface area contributed by atoms with Crippen molar-refractivity contribution < 1.29 is 9.50 Å². The molecule has 0 saturated carbocycles. The van der Waals surface area contributed by atoms with Gasteiger partial charge in [-0.3, -0.25) is 0 Å². The highest BCUT2D eigenvalue weighted by Gasteiger charge is 2.00. The van der Waals surface area contributed by atoms with Crippen LogP contribution in [0.3, 0.4) is 0 Å². The first kappa shape index (κ1) is 10.6. The van der Waals surface area contributed by atoms with E-state index in [4.69, 9.17) is 10.5 Å². The topological polar surface area (TPSA) is 79.8 Å². The van der Waals surface area contributed by atoms with Crippen LogP contribution in [0.25, 0.3) is 0 Å². The Bertz CT molecular complexity index is 466. The first-order valence-electron chi connectivity index (χ1n) is 3.93. The molecule has 0 aliphatic heterocycles. The minimum atomic E-state index is -0.567. The quantitative estimate of drug-likeness (QED) is 0.568. The van der Waals surface area contributed by atoms with Gasteiger partial charge in [-0.05, 0) is 12.1 Å². The van der Waals surface area contributed by atoms with Gasteiger partial charge in [0.25, 0.3) is 0 Å². The second-order valence-electron chi connectivity index (χ2n) is 2.59. The number of nitriles is 2. The van der Waals surface area contributed by atoms with Gasteiger partial charge < -0.3 is 10.4 Å². The van der Waals surface area contributed by atoms with Crippen LogP contribution in [-0.4, -0.2) is 5.11 Å². The van der Waals surface area contributed by atoms with E-state index < -0.39 is 5.82 Å². The summed E-state index contributed by atoms with van der Waals surface area (Å²) in [5, 5.41) is 28.6. The summed E-state index contributed by atoms with van der Waals surface area (Å²) < 4.78 is 12.6. The molecule has 2 N–H and O–H groups in total. The molecule has 0 heterocycles. The van der Waals surface area contributed by atoms with E-state index in [2.05, 4.69) is 5.32 Å². The second kappa shape index (κ2) is 4.64. The Morgan fingerprint density at radius 2 is 2.07 bits per heavy atom. The van der Waals surface area contributed by atoms with E-state index in [0.29, 0.717) is 0 Å². The minimum Gasteiger partial charge on any atom is -0.506 e. The highest BCUT2D eigenvalue weighted by molar-refractivity contribution is 5.58. The molecule has 0 unspecified atom stereocenters. The van der Waals surface area contributed by atoms with E-state index in [1.165, 1.54) is 6.07 Å². The lowest BCUT2D eigenvalue weighted by atomic mass is 10.3. The van der Waals surface area contributed by atoms with Crippen LogP contribution in [0.4, 0.5) is 10.1 Å². The molecule has 1 aromatic rings. The molecule has 0 saturated heterocycles. The van der Waals surface area contributed by atoms with Gasteiger partial charge in [0.05, 0.1) is 5.69 Å². The molecule has 0 spiro atoms. The number of anilines is 1. The summed E-state index contributed by atoms with van der Waals surface area (Å²) in [6, 6.07) is 6.64. The number of nitrogens with zero attached hydrogens (tertiary/aromatic N) is 2. The van der Waals surface area contributed by atoms with E-state index in [1.807, 2.05) is 0 Å². The number of phenols is 1. The van der Waals surface area contributed by atoms with Gasteiger partial charge >= 0.3 is 0 Å².